The van der Waals surface area contributed by atoms with Crippen molar-refractivity contribution in [2.24, 2.45) is 0 Å². The number of aromatic nitrogens is 2. The van der Waals surface area contributed by atoms with Gasteiger partial charge in [-0.05, 0) is 48.4 Å². The molecule has 3 rings (SSSR count). The Labute approximate surface area is 127 Å². The van der Waals surface area contributed by atoms with E-state index in [4.69, 9.17) is 4.74 Å². The molecule has 0 fully saturated rings. The third kappa shape index (κ3) is 3.21. The number of hydrogen-bond donors (Lipinski definition) is 1. The van der Waals surface area contributed by atoms with Crippen LogP contribution in [0.2, 0.25) is 0 Å². The number of nitrogens with zero attached hydrogens (tertiary/aromatic N) is 2. The molecule has 0 radical (unpaired) electrons. The van der Waals surface area contributed by atoms with E-state index in [9.17, 15) is 4.79 Å². The van der Waals surface area contributed by atoms with Gasteiger partial charge >= 0.3 is 0 Å². The number of nitrogens with one attached hydrogen (secondary N) is 1. The van der Waals surface area contributed by atoms with Crippen LogP contribution in [0.4, 0.5) is 5.13 Å². The number of rotatable bonds is 4. The van der Waals surface area contributed by atoms with Gasteiger partial charge in [-0.1, -0.05) is 17.4 Å². The van der Waals surface area contributed by atoms with Gasteiger partial charge in [0.2, 0.25) is 11.0 Å². The van der Waals surface area contributed by atoms with Gasteiger partial charge in [-0.15, -0.1) is 10.2 Å². The summed E-state index contributed by atoms with van der Waals surface area (Å²) in [6.45, 7) is 0. The van der Waals surface area contributed by atoms with Crippen molar-refractivity contribution in [1.82, 2.24) is 10.2 Å². The maximum absolute atomic E-state index is 12.1. The van der Waals surface area contributed by atoms with E-state index in [-0.39, 0.29) is 11.8 Å². The molecule has 110 valence electrons. The SMILES string of the molecule is COc1ccc2c(c1)CCCC2CC(=O)Nc1nncs1. The summed E-state index contributed by atoms with van der Waals surface area (Å²) in [5, 5.41) is 10.9. The molecule has 0 spiro atoms. The lowest BCUT2D eigenvalue weighted by atomic mass is 9.81. The quantitative estimate of drug-likeness (QED) is 0.943. The van der Waals surface area contributed by atoms with Crippen molar-refractivity contribution in [1.29, 1.82) is 0 Å². The first-order valence-electron chi connectivity index (χ1n) is 6.99. The van der Waals surface area contributed by atoms with Crippen molar-refractivity contribution in [3.8, 4) is 5.75 Å². The molecule has 2 aromatic rings. The van der Waals surface area contributed by atoms with E-state index in [0.717, 1.165) is 25.0 Å². The van der Waals surface area contributed by atoms with Crippen LogP contribution in [-0.2, 0) is 11.2 Å². The summed E-state index contributed by atoms with van der Waals surface area (Å²) in [6.07, 6.45) is 3.69. The fourth-order valence-corrected chi connectivity index (χ4v) is 3.31. The molecular formula is C15H17N3O2S. The van der Waals surface area contributed by atoms with Gasteiger partial charge in [-0.25, -0.2) is 0 Å². The first kappa shape index (κ1) is 14.0. The number of carbonyl (C=O) groups is 1. The largest absolute Gasteiger partial charge is 0.497 e. The minimum Gasteiger partial charge on any atom is -0.497 e. The predicted octanol–water partition coefficient (Wildman–Crippen LogP) is 3.00. The molecule has 0 aliphatic heterocycles. The average molecular weight is 303 g/mol. The number of ether oxygens (including phenoxy) is 1. The van der Waals surface area contributed by atoms with Gasteiger partial charge in [-0.2, -0.15) is 0 Å². The molecule has 6 heteroatoms. The summed E-state index contributed by atoms with van der Waals surface area (Å²) >= 11 is 1.33. The monoisotopic (exact) mass is 303 g/mol. The molecule has 1 N–H and O–H groups in total. The lowest BCUT2D eigenvalue weighted by Crippen LogP contribution is -2.18. The number of fused-ring (bicyclic) bond motifs is 1. The number of anilines is 1. The van der Waals surface area contributed by atoms with E-state index in [2.05, 4.69) is 27.6 Å². The Morgan fingerprint density at radius 3 is 3.19 bits per heavy atom. The zero-order chi connectivity index (χ0) is 14.7. The number of carbonyl (C=O) groups excluding carboxylic acids is 1. The van der Waals surface area contributed by atoms with Crippen LogP contribution >= 0.6 is 11.3 Å². The van der Waals surface area contributed by atoms with E-state index in [1.165, 1.54) is 22.5 Å². The highest BCUT2D eigenvalue weighted by Gasteiger charge is 2.23. The van der Waals surface area contributed by atoms with Crippen LogP contribution in [0, 0.1) is 0 Å². The van der Waals surface area contributed by atoms with Crippen molar-refractivity contribution in [3.63, 3.8) is 0 Å². The summed E-state index contributed by atoms with van der Waals surface area (Å²) in [7, 11) is 1.68. The Morgan fingerprint density at radius 2 is 2.43 bits per heavy atom. The van der Waals surface area contributed by atoms with Gasteiger partial charge in [0, 0.05) is 6.42 Å². The summed E-state index contributed by atoms with van der Waals surface area (Å²) in [6, 6.07) is 6.15. The average Bonchev–Trinajstić information content (AvgIpc) is 2.99. The minimum absolute atomic E-state index is 0.000387. The van der Waals surface area contributed by atoms with Crippen LogP contribution in [0.1, 0.15) is 36.3 Å². The normalized spacial score (nSPS) is 17.1. The molecule has 1 heterocycles. The van der Waals surface area contributed by atoms with Crippen LogP contribution < -0.4 is 10.1 Å². The fraction of sp³-hybridized carbons (Fsp3) is 0.400. The molecule has 5 nitrogen and oxygen atoms in total. The van der Waals surface area contributed by atoms with Crippen LogP contribution in [0.5, 0.6) is 5.75 Å². The van der Waals surface area contributed by atoms with Gasteiger partial charge < -0.3 is 10.1 Å². The topological polar surface area (TPSA) is 64.1 Å². The van der Waals surface area contributed by atoms with Gasteiger partial charge in [0.25, 0.3) is 0 Å². The second kappa shape index (κ2) is 6.22. The first-order valence-corrected chi connectivity index (χ1v) is 7.87. The van der Waals surface area contributed by atoms with Crippen molar-refractivity contribution < 1.29 is 9.53 Å². The molecule has 1 unspecified atom stereocenters. The highest BCUT2D eigenvalue weighted by molar-refractivity contribution is 7.13. The van der Waals surface area contributed by atoms with E-state index in [0.29, 0.717) is 11.6 Å². The number of benzene rings is 1. The number of amides is 1. The van der Waals surface area contributed by atoms with Gasteiger partial charge in [-0.3, -0.25) is 4.79 Å². The number of methoxy groups -OCH3 is 1. The molecule has 21 heavy (non-hydrogen) atoms. The van der Waals surface area contributed by atoms with Gasteiger partial charge in [0.15, 0.2) is 0 Å². The highest BCUT2D eigenvalue weighted by atomic mass is 32.1. The van der Waals surface area contributed by atoms with Crippen molar-refractivity contribution in [3.05, 3.63) is 34.8 Å². The first-order chi connectivity index (χ1) is 10.3. The smallest absolute Gasteiger partial charge is 0.226 e. The van der Waals surface area contributed by atoms with E-state index < -0.39 is 0 Å². The predicted molar refractivity (Wildman–Crippen MR) is 81.8 cm³/mol. The second-order valence-electron chi connectivity index (χ2n) is 5.15. The molecule has 1 aromatic carbocycles. The van der Waals surface area contributed by atoms with E-state index in [1.54, 1.807) is 12.6 Å². The molecule has 1 aliphatic rings. The lowest BCUT2D eigenvalue weighted by molar-refractivity contribution is -0.116. The van der Waals surface area contributed by atoms with Crippen LogP contribution in [0.25, 0.3) is 0 Å². The summed E-state index contributed by atoms with van der Waals surface area (Å²) in [5.41, 5.74) is 4.18. The fourth-order valence-electron chi connectivity index (χ4n) is 2.85. The molecule has 1 aromatic heterocycles. The van der Waals surface area contributed by atoms with Crippen molar-refractivity contribution >= 4 is 22.4 Å². The Hall–Kier alpha value is -1.95. The minimum atomic E-state index is 0.000387. The third-order valence-corrected chi connectivity index (χ3v) is 4.43. The maximum atomic E-state index is 12.1. The lowest BCUT2D eigenvalue weighted by Gasteiger charge is -2.25. The van der Waals surface area contributed by atoms with Gasteiger partial charge in [0.05, 0.1) is 7.11 Å². The molecule has 1 amide bonds. The van der Waals surface area contributed by atoms with Crippen molar-refractivity contribution in [2.75, 3.05) is 12.4 Å². The Morgan fingerprint density at radius 1 is 1.52 bits per heavy atom. The van der Waals surface area contributed by atoms with Crippen LogP contribution in [0.3, 0.4) is 0 Å². The zero-order valence-electron chi connectivity index (χ0n) is 11.8. The summed E-state index contributed by atoms with van der Waals surface area (Å²) in [5.74, 6) is 1.15. The Bertz CT molecular complexity index is 628. The molecule has 0 saturated carbocycles. The summed E-state index contributed by atoms with van der Waals surface area (Å²) < 4.78 is 5.27. The molecule has 0 saturated heterocycles. The zero-order valence-corrected chi connectivity index (χ0v) is 12.7. The highest BCUT2D eigenvalue weighted by Crippen LogP contribution is 2.36. The molecule has 1 aliphatic carbocycles. The van der Waals surface area contributed by atoms with Gasteiger partial charge in [0.1, 0.15) is 11.3 Å². The Kier molecular flexibility index (Phi) is 4.15. The van der Waals surface area contributed by atoms with E-state index in [1.807, 2.05) is 6.07 Å². The molecular weight excluding hydrogens is 286 g/mol. The molecule has 1 atom stereocenters. The standard InChI is InChI=1S/C15H17N3O2S/c1-20-12-5-6-13-10(7-12)3-2-4-11(13)8-14(19)17-15-18-16-9-21-15/h5-7,9,11H,2-4,8H2,1H3,(H,17,18,19). The second-order valence-corrected chi connectivity index (χ2v) is 5.98. The van der Waals surface area contributed by atoms with Crippen LogP contribution in [-0.4, -0.2) is 23.2 Å². The number of hydrogen-bond acceptors (Lipinski definition) is 5. The third-order valence-electron chi connectivity index (χ3n) is 3.83. The van der Waals surface area contributed by atoms with E-state index >= 15 is 0 Å². The van der Waals surface area contributed by atoms with Crippen LogP contribution in [0.15, 0.2) is 23.7 Å². The summed E-state index contributed by atoms with van der Waals surface area (Å²) in [4.78, 5) is 12.1. The number of aryl methyl sites for hydroxylation is 1. The van der Waals surface area contributed by atoms with Crippen molar-refractivity contribution in [2.45, 2.75) is 31.6 Å². The molecule has 0 bridgehead atoms. The Balaban J connectivity index is 1.71. The maximum Gasteiger partial charge on any atom is 0.226 e.